The third kappa shape index (κ3) is 3.62. The van der Waals surface area contributed by atoms with Crippen LogP contribution in [0.1, 0.15) is 11.3 Å². The maximum Gasteiger partial charge on any atom is 0.331 e. The molecule has 0 saturated carbocycles. The first-order chi connectivity index (χ1) is 12.1. The fourth-order valence-corrected chi connectivity index (χ4v) is 3.33. The molecule has 0 N–H and O–H groups in total. The third-order valence-corrected chi connectivity index (χ3v) is 4.55. The van der Waals surface area contributed by atoms with Gasteiger partial charge in [0.25, 0.3) is 0 Å². The van der Waals surface area contributed by atoms with Crippen molar-refractivity contribution >= 4 is 39.9 Å². The molecule has 1 aromatic carbocycles. The fourth-order valence-electron chi connectivity index (χ4n) is 2.32. The first-order valence-corrected chi connectivity index (χ1v) is 8.55. The number of para-hydroxylation sites is 1. The summed E-state index contributed by atoms with van der Waals surface area (Å²) < 4.78 is 17.6. The van der Waals surface area contributed by atoms with Crippen LogP contribution in [-0.2, 0) is 16.1 Å². The molecule has 0 bridgehead atoms. The largest absolute Gasteiger partial charge is 0.493 e. The predicted octanol–water partition coefficient (Wildman–Crippen LogP) is 3.82. The highest BCUT2D eigenvalue weighted by Crippen LogP contribution is 2.31. The molecule has 2 heterocycles. The summed E-state index contributed by atoms with van der Waals surface area (Å²) in [4.78, 5) is 17.0. The number of aromatic nitrogens is 2. The van der Waals surface area contributed by atoms with E-state index in [9.17, 15) is 4.79 Å². The van der Waals surface area contributed by atoms with Crippen LogP contribution in [0, 0.1) is 0 Å². The van der Waals surface area contributed by atoms with E-state index in [-0.39, 0.29) is 6.61 Å². The molecule has 8 heteroatoms. The van der Waals surface area contributed by atoms with Crippen molar-refractivity contribution in [3.8, 4) is 11.5 Å². The van der Waals surface area contributed by atoms with Crippen molar-refractivity contribution in [2.75, 3.05) is 14.2 Å². The number of carbonyl (C=O) groups is 1. The van der Waals surface area contributed by atoms with Crippen LogP contribution in [-0.4, -0.2) is 29.6 Å². The van der Waals surface area contributed by atoms with E-state index in [2.05, 4.69) is 4.98 Å². The van der Waals surface area contributed by atoms with Gasteiger partial charge in [0, 0.05) is 23.2 Å². The molecule has 0 aliphatic rings. The van der Waals surface area contributed by atoms with Crippen LogP contribution in [0.2, 0.25) is 5.15 Å². The second kappa shape index (κ2) is 7.58. The summed E-state index contributed by atoms with van der Waals surface area (Å²) in [5, 5.41) is 2.22. The van der Waals surface area contributed by atoms with Crippen molar-refractivity contribution in [1.29, 1.82) is 0 Å². The van der Waals surface area contributed by atoms with Crippen molar-refractivity contribution in [1.82, 2.24) is 9.38 Å². The number of halogens is 1. The minimum atomic E-state index is -0.494. The summed E-state index contributed by atoms with van der Waals surface area (Å²) in [6, 6.07) is 5.40. The van der Waals surface area contributed by atoms with Crippen molar-refractivity contribution in [2.24, 2.45) is 0 Å². The Morgan fingerprint density at radius 2 is 2.20 bits per heavy atom. The molecular weight excluding hydrogens is 364 g/mol. The highest BCUT2D eigenvalue weighted by Gasteiger charge is 2.13. The normalized spacial score (nSPS) is 11.2. The maximum atomic E-state index is 12.0. The molecule has 0 unspecified atom stereocenters. The summed E-state index contributed by atoms with van der Waals surface area (Å²) in [5.74, 6) is 0.642. The number of esters is 1. The van der Waals surface area contributed by atoms with Gasteiger partial charge in [0.05, 0.1) is 19.9 Å². The molecule has 0 fully saturated rings. The summed E-state index contributed by atoms with van der Waals surface area (Å²) in [5.41, 5.74) is 1.35. The number of methoxy groups -OCH3 is 2. The molecule has 0 radical (unpaired) electrons. The first-order valence-electron chi connectivity index (χ1n) is 7.29. The van der Waals surface area contributed by atoms with Gasteiger partial charge in [-0.25, -0.2) is 9.78 Å². The van der Waals surface area contributed by atoms with Gasteiger partial charge in [0.2, 0.25) is 0 Å². The predicted molar refractivity (Wildman–Crippen MR) is 96.5 cm³/mol. The zero-order chi connectivity index (χ0) is 17.8. The van der Waals surface area contributed by atoms with Crippen molar-refractivity contribution in [3.05, 3.63) is 52.3 Å². The van der Waals surface area contributed by atoms with Crippen LogP contribution in [0.3, 0.4) is 0 Å². The van der Waals surface area contributed by atoms with E-state index in [1.807, 2.05) is 23.7 Å². The Kier molecular flexibility index (Phi) is 5.25. The zero-order valence-corrected chi connectivity index (χ0v) is 15.1. The molecule has 0 amide bonds. The van der Waals surface area contributed by atoms with Gasteiger partial charge < -0.3 is 14.2 Å². The zero-order valence-electron chi connectivity index (χ0n) is 13.6. The molecule has 0 aliphatic heterocycles. The minimum absolute atomic E-state index is 0.0369. The Hall–Kier alpha value is -2.51. The SMILES string of the molecule is COc1cccc(C=CC(=O)OCc2c(Cl)nc3sccn23)c1OC. The third-order valence-electron chi connectivity index (χ3n) is 3.50. The van der Waals surface area contributed by atoms with Crippen molar-refractivity contribution < 1.29 is 19.0 Å². The summed E-state index contributed by atoms with van der Waals surface area (Å²) >= 11 is 7.53. The molecular formula is C17H15ClN2O4S. The monoisotopic (exact) mass is 378 g/mol. The van der Waals surface area contributed by atoms with E-state index in [0.29, 0.717) is 27.9 Å². The number of imidazole rings is 1. The molecule has 2 aromatic heterocycles. The second-order valence-electron chi connectivity index (χ2n) is 4.93. The van der Waals surface area contributed by atoms with Crippen LogP contribution >= 0.6 is 22.9 Å². The standard InChI is InChI=1S/C17H15ClN2O4S/c1-22-13-5-3-4-11(15(13)23-2)6-7-14(21)24-10-12-16(18)19-17-20(12)8-9-25-17/h3-9H,10H2,1-2H3. The van der Waals surface area contributed by atoms with Gasteiger partial charge in [-0.05, 0) is 12.1 Å². The number of hydrogen-bond donors (Lipinski definition) is 0. The first kappa shape index (κ1) is 17.3. The van der Waals surface area contributed by atoms with Crippen LogP contribution in [0.5, 0.6) is 11.5 Å². The number of fused-ring (bicyclic) bond motifs is 1. The molecule has 130 valence electrons. The Balaban J connectivity index is 1.70. The van der Waals surface area contributed by atoms with Gasteiger partial charge in [-0.15, -0.1) is 11.3 Å². The topological polar surface area (TPSA) is 62.1 Å². The van der Waals surface area contributed by atoms with Gasteiger partial charge in [-0.3, -0.25) is 4.40 Å². The highest BCUT2D eigenvalue weighted by atomic mass is 35.5. The summed E-state index contributed by atoms with van der Waals surface area (Å²) in [6.45, 7) is 0.0369. The van der Waals surface area contributed by atoms with Crippen molar-refractivity contribution in [2.45, 2.75) is 6.61 Å². The maximum absolute atomic E-state index is 12.0. The number of benzene rings is 1. The quantitative estimate of drug-likeness (QED) is 0.482. The van der Waals surface area contributed by atoms with Crippen molar-refractivity contribution in [3.63, 3.8) is 0 Å². The minimum Gasteiger partial charge on any atom is -0.493 e. The number of thiazole rings is 1. The van der Waals surface area contributed by atoms with Gasteiger partial charge in [-0.1, -0.05) is 23.7 Å². The lowest BCUT2D eigenvalue weighted by Crippen LogP contribution is -2.03. The number of carbonyl (C=O) groups excluding carboxylic acids is 1. The lowest BCUT2D eigenvalue weighted by atomic mass is 10.1. The van der Waals surface area contributed by atoms with E-state index < -0.39 is 5.97 Å². The van der Waals surface area contributed by atoms with E-state index in [4.69, 9.17) is 25.8 Å². The average Bonchev–Trinajstić information content (AvgIpc) is 3.18. The van der Waals surface area contributed by atoms with Crippen LogP contribution < -0.4 is 9.47 Å². The molecule has 3 rings (SSSR count). The van der Waals surface area contributed by atoms with Crippen LogP contribution in [0.25, 0.3) is 11.0 Å². The Bertz CT molecular complexity index is 932. The number of rotatable bonds is 6. The smallest absolute Gasteiger partial charge is 0.331 e. The van der Waals surface area contributed by atoms with Gasteiger partial charge in [0.1, 0.15) is 6.61 Å². The van der Waals surface area contributed by atoms with E-state index in [0.717, 1.165) is 4.96 Å². The lowest BCUT2D eigenvalue weighted by molar-refractivity contribution is -0.139. The Labute approximate surface area is 153 Å². The molecule has 0 spiro atoms. The molecule has 3 aromatic rings. The fraction of sp³-hybridized carbons (Fsp3) is 0.176. The van der Waals surface area contributed by atoms with E-state index >= 15 is 0 Å². The molecule has 0 atom stereocenters. The molecule has 0 saturated heterocycles. The van der Waals surface area contributed by atoms with Crippen LogP contribution in [0.15, 0.2) is 35.9 Å². The average molecular weight is 379 g/mol. The van der Waals surface area contributed by atoms with E-state index in [1.165, 1.54) is 17.4 Å². The molecule has 6 nitrogen and oxygen atoms in total. The number of hydrogen-bond acceptors (Lipinski definition) is 6. The van der Waals surface area contributed by atoms with Gasteiger partial charge in [-0.2, -0.15) is 0 Å². The van der Waals surface area contributed by atoms with Gasteiger partial charge in [0.15, 0.2) is 21.6 Å². The number of ether oxygens (including phenoxy) is 3. The van der Waals surface area contributed by atoms with E-state index in [1.54, 1.807) is 30.8 Å². The highest BCUT2D eigenvalue weighted by molar-refractivity contribution is 7.15. The molecule has 25 heavy (non-hydrogen) atoms. The summed E-state index contributed by atoms with van der Waals surface area (Å²) in [6.07, 6.45) is 4.78. The lowest BCUT2D eigenvalue weighted by Gasteiger charge is -2.09. The van der Waals surface area contributed by atoms with Crippen LogP contribution in [0.4, 0.5) is 0 Å². The Morgan fingerprint density at radius 1 is 1.36 bits per heavy atom. The number of nitrogens with zero attached hydrogens (tertiary/aromatic N) is 2. The van der Waals surface area contributed by atoms with Gasteiger partial charge >= 0.3 is 5.97 Å². The summed E-state index contributed by atoms with van der Waals surface area (Å²) in [7, 11) is 3.10. The molecule has 0 aliphatic carbocycles. The Morgan fingerprint density at radius 3 is 2.96 bits per heavy atom. The second-order valence-corrected chi connectivity index (χ2v) is 6.16.